The van der Waals surface area contributed by atoms with E-state index < -0.39 is 20.5 Å². The standard InChI is InChI=1S/C23H36BN2O5P/c1-8-21(30-22(24)16-28-23(27)20-12-10-9-11-13-20)19(6)31-32(29-15-14-25-7)26(17(2)3)18(4)5/h9-13,17-19,21-22H,8,14-16H2,1-6H3/t19-,21+,22?,32?/m0/s1. The molecular formula is C23H36BN2O5P. The van der Waals surface area contributed by atoms with Crippen LogP contribution in [0.4, 0.5) is 0 Å². The van der Waals surface area contributed by atoms with Gasteiger partial charge in [-0.1, -0.05) is 25.1 Å². The van der Waals surface area contributed by atoms with Crippen molar-refractivity contribution in [2.24, 2.45) is 0 Å². The van der Waals surface area contributed by atoms with Gasteiger partial charge in [-0.05, 0) is 53.2 Å². The number of benzene rings is 1. The van der Waals surface area contributed by atoms with Crippen molar-refractivity contribution in [3.8, 4) is 0 Å². The van der Waals surface area contributed by atoms with Crippen LogP contribution in [-0.4, -0.2) is 68.5 Å². The number of nitrogens with zero attached hydrogens (tertiary/aromatic N) is 2. The third kappa shape index (κ3) is 9.98. The highest BCUT2D eigenvalue weighted by atomic mass is 31.2. The van der Waals surface area contributed by atoms with E-state index in [-0.39, 0.29) is 37.4 Å². The lowest BCUT2D eigenvalue weighted by molar-refractivity contribution is -0.0573. The lowest BCUT2D eigenvalue weighted by Gasteiger charge is -2.38. The van der Waals surface area contributed by atoms with Gasteiger partial charge in [0.15, 0.2) is 0 Å². The molecule has 2 unspecified atom stereocenters. The maximum absolute atomic E-state index is 12.1. The molecule has 0 saturated carbocycles. The van der Waals surface area contributed by atoms with Gasteiger partial charge in [0, 0.05) is 12.1 Å². The first-order valence-corrected chi connectivity index (χ1v) is 12.2. The molecular weight excluding hydrogens is 426 g/mol. The van der Waals surface area contributed by atoms with E-state index in [9.17, 15) is 4.79 Å². The van der Waals surface area contributed by atoms with Crippen molar-refractivity contribution in [1.82, 2.24) is 4.67 Å². The van der Waals surface area contributed by atoms with Crippen molar-refractivity contribution in [3.63, 3.8) is 0 Å². The van der Waals surface area contributed by atoms with Gasteiger partial charge in [0.1, 0.15) is 21.1 Å². The van der Waals surface area contributed by atoms with E-state index in [1.54, 1.807) is 24.3 Å². The van der Waals surface area contributed by atoms with Crippen LogP contribution in [0.1, 0.15) is 58.3 Å². The van der Waals surface area contributed by atoms with Gasteiger partial charge in [-0.15, -0.1) is 0 Å². The first-order chi connectivity index (χ1) is 15.2. The van der Waals surface area contributed by atoms with E-state index in [4.69, 9.17) is 32.9 Å². The van der Waals surface area contributed by atoms with Crippen LogP contribution in [-0.2, 0) is 18.5 Å². The molecule has 9 heteroatoms. The largest absolute Gasteiger partial charge is 0.460 e. The Balaban J connectivity index is 2.70. The van der Waals surface area contributed by atoms with Crippen LogP contribution in [0, 0.1) is 6.57 Å². The molecule has 0 fully saturated rings. The summed E-state index contributed by atoms with van der Waals surface area (Å²) in [5.74, 6) is -0.441. The molecule has 0 saturated heterocycles. The number of esters is 1. The third-order valence-corrected chi connectivity index (χ3v) is 6.79. The Morgan fingerprint density at radius 1 is 1.16 bits per heavy atom. The molecule has 0 aliphatic heterocycles. The fraction of sp³-hybridized carbons (Fsp3) is 0.652. The summed E-state index contributed by atoms with van der Waals surface area (Å²) in [4.78, 5) is 15.5. The molecule has 1 rings (SSSR count). The molecule has 0 N–H and O–H groups in total. The normalized spacial score (nSPS) is 15.4. The van der Waals surface area contributed by atoms with Crippen LogP contribution in [0.15, 0.2) is 30.3 Å². The molecule has 4 atom stereocenters. The van der Waals surface area contributed by atoms with Gasteiger partial charge >= 0.3 is 5.97 Å². The molecule has 0 spiro atoms. The van der Waals surface area contributed by atoms with Crippen LogP contribution in [0.5, 0.6) is 0 Å². The summed E-state index contributed by atoms with van der Waals surface area (Å²) in [6, 6.07) is 8.39. The molecule has 1 aromatic rings. The molecule has 176 valence electrons. The average Bonchev–Trinajstić information content (AvgIpc) is 2.75. The van der Waals surface area contributed by atoms with E-state index in [0.29, 0.717) is 18.6 Å². The molecule has 7 nitrogen and oxygen atoms in total. The monoisotopic (exact) mass is 462 g/mol. The molecule has 0 bridgehead atoms. The number of ether oxygens (including phenoxy) is 2. The maximum Gasteiger partial charge on any atom is 0.338 e. The van der Waals surface area contributed by atoms with Gasteiger partial charge in [0.25, 0.3) is 8.53 Å². The Morgan fingerprint density at radius 3 is 2.31 bits per heavy atom. The second kappa shape index (κ2) is 15.4. The number of carbonyl (C=O) groups excluding carboxylic acids is 1. The van der Waals surface area contributed by atoms with Gasteiger partial charge in [-0.25, -0.2) is 16.0 Å². The fourth-order valence-electron chi connectivity index (χ4n) is 3.12. The second-order valence-electron chi connectivity index (χ2n) is 7.92. The van der Waals surface area contributed by atoms with Gasteiger partial charge in [0.2, 0.25) is 6.54 Å². The van der Waals surface area contributed by atoms with Crippen LogP contribution in [0.3, 0.4) is 0 Å². The topological polar surface area (TPSA) is 61.6 Å². The molecule has 1 aromatic carbocycles. The highest BCUT2D eigenvalue weighted by Gasteiger charge is 2.31. The summed E-state index contributed by atoms with van der Waals surface area (Å²) >= 11 is 0. The zero-order chi connectivity index (χ0) is 24.1. The van der Waals surface area contributed by atoms with E-state index in [0.717, 1.165) is 0 Å². The van der Waals surface area contributed by atoms with Crippen LogP contribution < -0.4 is 0 Å². The minimum absolute atomic E-state index is 0.0582. The van der Waals surface area contributed by atoms with Crippen molar-refractivity contribution in [2.75, 3.05) is 19.8 Å². The number of hydrogen-bond acceptors (Lipinski definition) is 6. The van der Waals surface area contributed by atoms with Crippen LogP contribution >= 0.6 is 8.53 Å². The quantitative estimate of drug-likeness (QED) is 0.123. The van der Waals surface area contributed by atoms with Gasteiger partial charge in [-0.3, -0.25) is 0 Å². The minimum Gasteiger partial charge on any atom is -0.460 e. The zero-order valence-electron chi connectivity index (χ0n) is 20.1. The van der Waals surface area contributed by atoms with Crippen molar-refractivity contribution in [2.45, 2.75) is 78.3 Å². The summed E-state index contributed by atoms with van der Waals surface area (Å²) < 4.78 is 25.7. The summed E-state index contributed by atoms with van der Waals surface area (Å²) in [6.45, 7) is 19.8. The van der Waals surface area contributed by atoms with Gasteiger partial charge in [-0.2, -0.15) is 0 Å². The van der Waals surface area contributed by atoms with E-state index in [1.165, 1.54) is 0 Å². The molecule has 0 aliphatic rings. The zero-order valence-corrected chi connectivity index (χ0v) is 21.0. The lowest BCUT2D eigenvalue weighted by Crippen LogP contribution is -2.38. The lowest BCUT2D eigenvalue weighted by atomic mass is 10.0. The Morgan fingerprint density at radius 2 is 1.78 bits per heavy atom. The third-order valence-electron chi connectivity index (χ3n) is 4.57. The Hall–Kier alpha value is -1.49. The first-order valence-electron chi connectivity index (χ1n) is 11.1. The minimum atomic E-state index is -1.38. The van der Waals surface area contributed by atoms with Gasteiger partial charge in [0.05, 0.1) is 23.8 Å². The van der Waals surface area contributed by atoms with Crippen molar-refractivity contribution < 1.29 is 23.3 Å². The fourth-order valence-corrected chi connectivity index (χ4v) is 4.83. The summed E-state index contributed by atoms with van der Waals surface area (Å²) in [5, 5.41) is 0. The van der Waals surface area contributed by atoms with E-state index in [2.05, 4.69) is 37.2 Å². The molecule has 0 heterocycles. The molecule has 0 amide bonds. The number of rotatable bonds is 15. The highest BCUT2D eigenvalue weighted by Crippen LogP contribution is 2.47. The molecule has 0 aromatic heterocycles. The number of carbonyl (C=O) groups is 1. The van der Waals surface area contributed by atoms with E-state index in [1.807, 2.05) is 19.9 Å². The number of hydrogen-bond donors (Lipinski definition) is 0. The summed E-state index contributed by atoms with van der Waals surface area (Å²) in [5.41, 5.74) is 0.466. The van der Waals surface area contributed by atoms with Crippen LogP contribution in [0.25, 0.3) is 4.85 Å². The molecule has 0 aliphatic carbocycles. The second-order valence-corrected chi connectivity index (χ2v) is 9.32. The van der Waals surface area contributed by atoms with Gasteiger partial charge < -0.3 is 23.4 Å². The Kier molecular flexibility index (Phi) is 13.7. The summed E-state index contributed by atoms with van der Waals surface area (Å²) in [7, 11) is 4.69. The first kappa shape index (κ1) is 28.5. The predicted octanol–water partition coefficient (Wildman–Crippen LogP) is 4.82. The van der Waals surface area contributed by atoms with Crippen LogP contribution in [0.2, 0.25) is 0 Å². The Labute approximate surface area is 195 Å². The maximum atomic E-state index is 12.1. The van der Waals surface area contributed by atoms with Crippen molar-refractivity contribution in [3.05, 3.63) is 47.3 Å². The highest BCUT2D eigenvalue weighted by molar-refractivity contribution is 7.44. The Bertz CT molecular complexity index is 693. The van der Waals surface area contributed by atoms with Crippen molar-refractivity contribution >= 4 is 22.3 Å². The SMILES string of the molecule is [B]C(COC(=O)c1ccccc1)O[C@H](CC)[C@H](C)OP(OCC[N+]#[C-])N(C(C)C)C(C)C. The predicted molar refractivity (Wildman–Crippen MR) is 128 cm³/mol. The van der Waals surface area contributed by atoms with Crippen molar-refractivity contribution in [1.29, 1.82) is 0 Å². The molecule has 2 radical (unpaired) electrons. The smallest absolute Gasteiger partial charge is 0.338 e. The molecule has 32 heavy (non-hydrogen) atoms. The summed E-state index contributed by atoms with van der Waals surface area (Å²) in [6.07, 6.45) is 0.0433. The average molecular weight is 462 g/mol. The van der Waals surface area contributed by atoms with E-state index >= 15 is 0 Å².